The average Bonchev–Trinajstić information content (AvgIpc) is 3.11. The van der Waals surface area contributed by atoms with Gasteiger partial charge in [-0.05, 0) is 57.6 Å². The van der Waals surface area contributed by atoms with Crippen molar-refractivity contribution < 1.29 is 9.90 Å². The fourth-order valence-electron chi connectivity index (χ4n) is 5.13. The Balaban J connectivity index is 1.98. The standard InChI is InChI=1S/C28H45Cl2N3O2/c1-5-6-7-8-9-16-24(33(21(2)29)22(3)30)17-11-10-14-23-15-12-18-25-28(23)31-26(32(25)4)19-13-20-27(34)35/h12,15,18,21-22,24H,5-11,13-14,16-17,19-20H2,1-4H3,(H,34,35). The van der Waals surface area contributed by atoms with Crippen molar-refractivity contribution in [2.24, 2.45) is 7.05 Å². The number of halogens is 2. The number of alkyl halides is 2. The van der Waals surface area contributed by atoms with E-state index in [1.54, 1.807) is 0 Å². The lowest BCUT2D eigenvalue weighted by Crippen LogP contribution is -2.43. The Labute approximate surface area is 222 Å². The predicted molar refractivity (Wildman–Crippen MR) is 148 cm³/mol. The van der Waals surface area contributed by atoms with Crippen molar-refractivity contribution in [3.8, 4) is 0 Å². The Morgan fingerprint density at radius 2 is 1.66 bits per heavy atom. The molecule has 0 spiro atoms. The molecule has 0 bridgehead atoms. The summed E-state index contributed by atoms with van der Waals surface area (Å²) in [6.07, 6.45) is 13.3. The molecule has 1 heterocycles. The molecule has 0 amide bonds. The molecule has 0 radical (unpaired) electrons. The van der Waals surface area contributed by atoms with Crippen LogP contribution in [-0.2, 0) is 24.7 Å². The molecule has 35 heavy (non-hydrogen) atoms. The third kappa shape index (κ3) is 9.59. The Morgan fingerprint density at radius 1 is 1.00 bits per heavy atom. The van der Waals surface area contributed by atoms with Gasteiger partial charge in [-0.3, -0.25) is 9.69 Å². The van der Waals surface area contributed by atoms with Crippen LogP contribution in [0, 0.1) is 0 Å². The van der Waals surface area contributed by atoms with Crippen molar-refractivity contribution in [2.75, 3.05) is 0 Å². The second kappa shape index (κ2) is 15.7. The zero-order valence-corrected chi connectivity index (χ0v) is 23.6. The molecule has 1 aromatic heterocycles. The first kappa shape index (κ1) is 29.9. The summed E-state index contributed by atoms with van der Waals surface area (Å²) in [4.78, 5) is 18.0. The number of carbonyl (C=O) groups is 1. The van der Waals surface area contributed by atoms with E-state index in [-0.39, 0.29) is 17.4 Å². The summed E-state index contributed by atoms with van der Waals surface area (Å²) in [5.74, 6) is 0.203. The molecule has 0 saturated heterocycles. The fourth-order valence-corrected chi connectivity index (χ4v) is 5.84. The smallest absolute Gasteiger partial charge is 0.303 e. The molecule has 0 saturated carbocycles. The lowest BCUT2D eigenvalue weighted by atomic mass is 9.98. The van der Waals surface area contributed by atoms with E-state index in [9.17, 15) is 4.79 Å². The summed E-state index contributed by atoms with van der Waals surface area (Å²) in [6, 6.07) is 6.78. The molecule has 2 rings (SSSR count). The number of hydrogen-bond donors (Lipinski definition) is 1. The van der Waals surface area contributed by atoms with E-state index in [0.29, 0.717) is 18.9 Å². The Hall–Kier alpha value is -1.30. The van der Waals surface area contributed by atoms with Gasteiger partial charge in [-0.2, -0.15) is 0 Å². The first-order chi connectivity index (χ1) is 16.8. The molecular weight excluding hydrogens is 481 g/mol. The van der Waals surface area contributed by atoms with E-state index in [2.05, 4.69) is 34.6 Å². The summed E-state index contributed by atoms with van der Waals surface area (Å²) >= 11 is 13.1. The van der Waals surface area contributed by atoms with Gasteiger partial charge in [-0.1, -0.05) is 57.6 Å². The van der Waals surface area contributed by atoms with Gasteiger partial charge in [0.1, 0.15) is 5.82 Å². The summed E-state index contributed by atoms with van der Waals surface area (Å²) in [6.45, 7) is 6.31. The number of hydrogen-bond acceptors (Lipinski definition) is 3. The van der Waals surface area contributed by atoms with E-state index >= 15 is 0 Å². The molecule has 7 heteroatoms. The lowest BCUT2D eigenvalue weighted by molar-refractivity contribution is -0.137. The molecule has 0 aliphatic rings. The van der Waals surface area contributed by atoms with Crippen LogP contribution in [0.5, 0.6) is 0 Å². The van der Waals surface area contributed by atoms with Crippen molar-refractivity contribution in [1.82, 2.24) is 14.5 Å². The fraction of sp³-hybridized carbons (Fsp3) is 0.714. The Bertz CT molecular complexity index is 890. The van der Waals surface area contributed by atoms with Crippen LogP contribution in [-0.4, -0.2) is 42.6 Å². The number of imidazole rings is 1. The molecule has 2 aromatic rings. The number of carboxylic acid groups (broad SMARTS) is 1. The van der Waals surface area contributed by atoms with Gasteiger partial charge < -0.3 is 9.67 Å². The van der Waals surface area contributed by atoms with Crippen LogP contribution in [0.25, 0.3) is 11.0 Å². The van der Waals surface area contributed by atoms with Crippen molar-refractivity contribution in [3.63, 3.8) is 0 Å². The van der Waals surface area contributed by atoms with E-state index in [1.165, 1.54) is 37.7 Å². The minimum atomic E-state index is -0.755. The first-order valence-electron chi connectivity index (χ1n) is 13.5. The second-order valence-electron chi connectivity index (χ2n) is 9.82. The molecule has 0 aliphatic heterocycles. The van der Waals surface area contributed by atoms with Gasteiger partial charge in [0.2, 0.25) is 0 Å². The molecule has 0 fully saturated rings. The van der Waals surface area contributed by atoms with Crippen LogP contribution < -0.4 is 0 Å². The highest BCUT2D eigenvalue weighted by Gasteiger charge is 2.25. The van der Waals surface area contributed by atoms with E-state index in [1.807, 2.05) is 20.9 Å². The number of unbranched alkanes of at least 4 members (excludes halogenated alkanes) is 5. The minimum absolute atomic E-state index is 0.0787. The van der Waals surface area contributed by atoms with Crippen molar-refractivity contribution >= 4 is 40.2 Å². The molecule has 3 unspecified atom stereocenters. The van der Waals surface area contributed by atoms with Crippen molar-refractivity contribution in [1.29, 1.82) is 0 Å². The van der Waals surface area contributed by atoms with Gasteiger partial charge in [0.15, 0.2) is 0 Å². The Kier molecular flexibility index (Phi) is 13.5. The summed E-state index contributed by atoms with van der Waals surface area (Å²) in [5.41, 5.74) is 3.29. The Morgan fingerprint density at radius 3 is 2.29 bits per heavy atom. The van der Waals surface area contributed by atoms with Crippen LogP contribution in [0.4, 0.5) is 0 Å². The highest BCUT2D eigenvalue weighted by Crippen LogP contribution is 2.26. The number of aromatic nitrogens is 2. The highest BCUT2D eigenvalue weighted by molar-refractivity contribution is 6.22. The summed E-state index contributed by atoms with van der Waals surface area (Å²) in [5, 5.41) is 8.94. The monoisotopic (exact) mass is 525 g/mol. The third-order valence-corrected chi connectivity index (χ3v) is 7.45. The molecule has 1 N–H and O–H groups in total. The number of aryl methyl sites for hydroxylation is 3. The zero-order chi connectivity index (χ0) is 25.8. The normalized spacial score (nSPS) is 14.5. The van der Waals surface area contributed by atoms with Gasteiger partial charge in [0, 0.05) is 25.9 Å². The van der Waals surface area contributed by atoms with Crippen molar-refractivity contribution in [2.45, 2.75) is 121 Å². The zero-order valence-electron chi connectivity index (χ0n) is 22.1. The van der Waals surface area contributed by atoms with Crippen LogP contribution >= 0.6 is 23.2 Å². The quantitative estimate of drug-likeness (QED) is 0.122. The number of aliphatic carboxylic acids is 1. The van der Waals surface area contributed by atoms with E-state index < -0.39 is 5.97 Å². The van der Waals surface area contributed by atoms with Gasteiger partial charge in [-0.15, -0.1) is 23.2 Å². The van der Waals surface area contributed by atoms with Gasteiger partial charge in [0.05, 0.1) is 22.0 Å². The molecule has 3 atom stereocenters. The molecule has 1 aromatic carbocycles. The number of para-hydroxylation sites is 1. The first-order valence-corrected chi connectivity index (χ1v) is 14.3. The van der Waals surface area contributed by atoms with E-state index in [0.717, 1.165) is 49.0 Å². The second-order valence-corrected chi connectivity index (χ2v) is 11.1. The number of carboxylic acids is 1. The average molecular weight is 527 g/mol. The predicted octanol–water partition coefficient (Wildman–Crippen LogP) is 7.89. The number of benzene rings is 1. The van der Waals surface area contributed by atoms with E-state index in [4.69, 9.17) is 33.3 Å². The summed E-state index contributed by atoms with van der Waals surface area (Å²) in [7, 11) is 2.02. The van der Waals surface area contributed by atoms with Crippen LogP contribution in [0.15, 0.2) is 18.2 Å². The summed E-state index contributed by atoms with van der Waals surface area (Å²) < 4.78 is 2.11. The number of nitrogens with zero attached hydrogens (tertiary/aromatic N) is 3. The maximum atomic E-state index is 10.9. The highest BCUT2D eigenvalue weighted by atomic mass is 35.5. The maximum absolute atomic E-state index is 10.9. The largest absolute Gasteiger partial charge is 0.481 e. The third-order valence-electron chi connectivity index (χ3n) is 7.00. The van der Waals surface area contributed by atoms with Gasteiger partial charge >= 0.3 is 5.97 Å². The topological polar surface area (TPSA) is 58.4 Å². The van der Waals surface area contributed by atoms with Crippen molar-refractivity contribution in [3.05, 3.63) is 29.6 Å². The SMILES string of the molecule is CCCCCCCC(CCCCc1cccc2c1nc(CCCC(=O)O)n2C)N(C(C)Cl)C(C)Cl. The number of rotatable bonds is 18. The maximum Gasteiger partial charge on any atom is 0.303 e. The molecular formula is C28H45Cl2N3O2. The molecule has 0 aliphatic carbocycles. The van der Waals surface area contributed by atoms with Gasteiger partial charge in [-0.25, -0.2) is 4.98 Å². The van der Waals surface area contributed by atoms with Gasteiger partial charge in [0.25, 0.3) is 0 Å². The van der Waals surface area contributed by atoms with Crippen LogP contribution in [0.3, 0.4) is 0 Å². The molecule has 198 valence electrons. The number of fused-ring (bicyclic) bond motifs is 1. The minimum Gasteiger partial charge on any atom is -0.481 e. The van der Waals surface area contributed by atoms with Crippen LogP contribution in [0.2, 0.25) is 0 Å². The molecule has 5 nitrogen and oxygen atoms in total. The van der Waals surface area contributed by atoms with Crippen LogP contribution in [0.1, 0.15) is 103 Å². The lowest BCUT2D eigenvalue weighted by Gasteiger charge is -2.36.